The first-order chi connectivity index (χ1) is 13.6. The molecule has 166 valence electrons. The van der Waals surface area contributed by atoms with E-state index in [1.165, 1.54) is 31.4 Å². The Morgan fingerprint density at radius 3 is 2.48 bits per heavy atom. The minimum absolute atomic E-state index is 0.0560. The Kier molecular flexibility index (Phi) is 11.9. The molecule has 0 aliphatic heterocycles. The molecule has 0 fully saturated rings. The highest BCUT2D eigenvalue weighted by atomic mass is 35.5. The average molecular weight is 469 g/mol. The van der Waals surface area contributed by atoms with Crippen molar-refractivity contribution in [1.29, 1.82) is 0 Å². The molecule has 0 bridgehead atoms. The smallest absolute Gasteiger partial charge is 0.305 e. The lowest BCUT2D eigenvalue weighted by atomic mass is 9.91. The van der Waals surface area contributed by atoms with Gasteiger partial charge in [-0.15, -0.1) is 0 Å². The minimum atomic E-state index is -3.59. The number of rotatable bonds is 14. The summed E-state index contributed by atoms with van der Waals surface area (Å²) in [6, 6.07) is 5.91. The molecule has 0 spiro atoms. The molecule has 8 nitrogen and oxygen atoms in total. The number of unbranched alkanes of at least 4 members (excludes halogenated alkanes) is 1. The van der Waals surface area contributed by atoms with E-state index in [4.69, 9.17) is 15.8 Å². The molecule has 1 rings (SSSR count). The minimum Gasteiger partial charge on any atom is -0.750 e. The van der Waals surface area contributed by atoms with Crippen molar-refractivity contribution in [3.63, 3.8) is 0 Å². The van der Waals surface area contributed by atoms with Gasteiger partial charge in [-0.1, -0.05) is 24.4 Å². The number of halogens is 1. The van der Waals surface area contributed by atoms with E-state index < -0.39 is 27.5 Å². The molecule has 29 heavy (non-hydrogen) atoms. The normalized spacial score (nSPS) is 14.9. The maximum Gasteiger partial charge on any atom is 0.305 e. The van der Waals surface area contributed by atoms with E-state index in [9.17, 15) is 22.0 Å². The average Bonchev–Trinajstić information content (AvgIpc) is 2.64. The molecule has 3 atom stereocenters. The van der Waals surface area contributed by atoms with E-state index in [1.807, 2.05) is 0 Å². The summed E-state index contributed by atoms with van der Waals surface area (Å²) >= 11 is 3.18. The van der Waals surface area contributed by atoms with Crippen LogP contribution < -0.4 is 4.72 Å². The highest BCUT2D eigenvalue weighted by molar-refractivity contribution is 7.89. The van der Waals surface area contributed by atoms with Crippen LogP contribution in [-0.4, -0.2) is 42.9 Å². The standard InChI is InChI=1S/C18H28ClNO7S2/c1-14(27-28(22)23)13-15(6-11-18(21)26-2)5-3-4-12-20-29(24,25)17-9-7-16(19)8-10-17/h7-10,14-15,20H,3-6,11-13H2,1-2H3,(H,22,23)/p-1. The number of benzene rings is 1. The van der Waals surface area contributed by atoms with Gasteiger partial charge in [0.2, 0.25) is 10.0 Å². The molecule has 1 aromatic carbocycles. The molecular weight excluding hydrogens is 442 g/mol. The number of carbonyl (C=O) groups excluding carboxylic acids is 1. The Hall–Kier alpha value is -1.04. The summed E-state index contributed by atoms with van der Waals surface area (Å²) in [5.74, 6) is -0.271. The molecule has 0 radical (unpaired) electrons. The molecule has 0 saturated heterocycles. The van der Waals surface area contributed by atoms with E-state index in [0.717, 1.165) is 0 Å². The number of carbonyl (C=O) groups is 1. The molecular formula is C18H27ClNO7S2-. The van der Waals surface area contributed by atoms with Crippen molar-refractivity contribution in [2.75, 3.05) is 13.7 Å². The van der Waals surface area contributed by atoms with Gasteiger partial charge in [0.1, 0.15) is 0 Å². The molecule has 3 unspecified atom stereocenters. The lowest BCUT2D eigenvalue weighted by Crippen LogP contribution is -2.25. The predicted molar refractivity (Wildman–Crippen MR) is 109 cm³/mol. The number of ether oxygens (including phenoxy) is 1. The SMILES string of the molecule is COC(=O)CCC(CCCCNS(=O)(=O)c1ccc(Cl)cc1)CC(C)OS(=O)[O-]. The second-order valence-corrected chi connectivity index (χ2v) is 9.48. The van der Waals surface area contributed by atoms with Gasteiger partial charge in [0, 0.05) is 18.0 Å². The Labute approximate surface area is 179 Å². The zero-order chi connectivity index (χ0) is 21.9. The maximum atomic E-state index is 12.2. The monoisotopic (exact) mass is 468 g/mol. The molecule has 0 aliphatic carbocycles. The second kappa shape index (κ2) is 13.3. The van der Waals surface area contributed by atoms with Crippen molar-refractivity contribution in [3.05, 3.63) is 29.3 Å². The Morgan fingerprint density at radius 1 is 1.24 bits per heavy atom. The summed E-state index contributed by atoms with van der Waals surface area (Å²) in [6.07, 6.45) is 2.77. The highest BCUT2D eigenvalue weighted by Gasteiger charge is 2.17. The van der Waals surface area contributed by atoms with Crippen LogP contribution in [0, 0.1) is 5.92 Å². The molecule has 0 aromatic heterocycles. The fraction of sp³-hybridized carbons (Fsp3) is 0.611. The van der Waals surface area contributed by atoms with Crippen LogP contribution in [0.3, 0.4) is 0 Å². The molecule has 0 aliphatic rings. The zero-order valence-electron chi connectivity index (χ0n) is 16.5. The van der Waals surface area contributed by atoms with Crippen molar-refractivity contribution >= 4 is 39.0 Å². The van der Waals surface area contributed by atoms with Gasteiger partial charge in [-0.3, -0.25) is 8.98 Å². The maximum absolute atomic E-state index is 12.2. The summed E-state index contributed by atoms with van der Waals surface area (Å²) < 4.78 is 57.7. The lowest BCUT2D eigenvalue weighted by molar-refractivity contribution is -0.141. The zero-order valence-corrected chi connectivity index (χ0v) is 18.9. The molecule has 1 N–H and O–H groups in total. The third-order valence-corrected chi connectivity index (χ3v) is 6.56. The van der Waals surface area contributed by atoms with Crippen molar-refractivity contribution in [1.82, 2.24) is 4.72 Å². The molecule has 11 heteroatoms. The van der Waals surface area contributed by atoms with Crippen molar-refractivity contribution in [3.8, 4) is 0 Å². The van der Waals surface area contributed by atoms with Gasteiger partial charge in [0.25, 0.3) is 0 Å². The van der Waals surface area contributed by atoms with E-state index in [2.05, 4.69) is 9.46 Å². The van der Waals surface area contributed by atoms with Crippen molar-refractivity contribution in [2.45, 2.75) is 56.4 Å². The summed E-state index contributed by atoms with van der Waals surface area (Å²) in [5, 5.41) is 0.459. The number of hydrogen-bond donors (Lipinski definition) is 1. The number of methoxy groups -OCH3 is 1. The number of esters is 1. The van der Waals surface area contributed by atoms with Gasteiger partial charge in [-0.05, 0) is 56.4 Å². The first kappa shape index (κ1) is 26.0. The Morgan fingerprint density at radius 2 is 1.90 bits per heavy atom. The van der Waals surface area contributed by atoms with Gasteiger partial charge >= 0.3 is 5.97 Å². The van der Waals surface area contributed by atoms with E-state index >= 15 is 0 Å². The van der Waals surface area contributed by atoms with Gasteiger partial charge in [-0.2, -0.15) is 0 Å². The van der Waals surface area contributed by atoms with Crippen LogP contribution in [0.25, 0.3) is 0 Å². The van der Waals surface area contributed by atoms with E-state index in [1.54, 1.807) is 6.92 Å². The third-order valence-electron chi connectivity index (χ3n) is 4.35. The summed E-state index contributed by atoms with van der Waals surface area (Å²) in [5.41, 5.74) is 0. The fourth-order valence-corrected chi connectivity index (χ4v) is 4.46. The highest BCUT2D eigenvalue weighted by Crippen LogP contribution is 2.22. The fourth-order valence-electron chi connectivity index (χ4n) is 2.91. The predicted octanol–water partition coefficient (Wildman–Crippen LogP) is 2.95. The number of hydrogen-bond acceptors (Lipinski definition) is 7. The first-order valence-electron chi connectivity index (χ1n) is 9.22. The summed E-state index contributed by atoms with van der Waals surface area (Å²) in [6.45, 7) is 1.92. The van der Waals surface area contributed by atoms with Crippen LogP contribution in [0.5, 0.6) is 0 Å². The van der Waals surface area contributed by atoms with Crippen LogP contribution >= 0.6 is 11.6 Å². The van der Waals surface area contributed by atoms with Crippen molar-refractivity contribution < 1.29 is 30.9 Å². The lowest BCUT2D eigenvalue weighted by Gasteiger charge is -2.21. The Balaban J connectivity index is 2.46. The number of sulfonamides is 1. The molecule has 1 aromatic rings. The third kappa shape index (κ3) is 11.1. The molecule has 0 heterocycles. The van der Waals surface area contributed by atoms with Crippen LogP contribution in [0.2, 0.25) is 5.02 Å². The Bertz CT molecular complexity index is 756. The van der Waals surface area contributed by atoms with Gasteiger partial charge < -0.3 is 9.29 Å². The van der Waals surface area contributed by atoms with Gasteiger partial charge in [-0.25, -0.2) is 17.3 Å². The van der Waals surface area contributed by atoms with Gasteiger partial charge in [0.15, 0.2) is 0 Å². The summed E-state index contributed by atoms with van der Waals surface area (Å²) in [4.78, 5) is 11.5. The van der Waals surface area contributed by atoms with Crippen LogP contribution in [0.1, 0.15) is 45.4 Å². The van der Waals surface area contributed by atoms with E-state index in [-0.39, 0.29) is 29.7 Å². The molecule has 0 saturated carbocycles. The summed E-state index contributed by atoms with van der Waals surface area (Å²) in [7, 11) is -2.28. The largest absolute Gasteiger partial charge is 0.750 e. The first-order valence-corrected chi connectivity index (χ1v) is 12.1. The van der Waals surface area contributed by atoms with Crippen LogP contribution in [-0.2, 0) is 35.1 Å². The van der Waals surface area contributed by atoms with Crippen LogP contribution in [0.15, 0.2) is 29.2 Å². The number of nitrogens with one attached hydrogen (secondary N) is 1. The topological polar surface area (TPSA) is 122 Å². The van der Waals surface area contributed by atoms with Gasteiger partial charge in [0.05, 0.1) is 29.5 Å². The van der Waals surface area contributed by atoms with Crippen molar-refractivity contribution in [2.24, 2.45) is 5.92 Å². The second-order valence-electron chi connectivity index (χ2n) is 6.67. The quantitative estimate of drug-likeness (QED) is 0.253. The molecule has 0 amide bonds. The van der Waals surface area contributed by atoms with Crippen LogP contribution in [0.4, 0.5) is 0 Å². The van der Waals surface area contributed by atoms with E-state index in [0.29, 0.717) is 37.1 Å².